The van der Waals surface area contributed by atoms with Crippen LogP contribution < -0.4 is 0 Å². The zero-order valence-corrected chi connectivity index (χ0v) is 45.7. The first-order valence-electron chi connectivity index (χ1n) is 29.3. The van der Waals surface area contributed by atoms with Crippen LogP contribution in [0.15, 0.2) is 291 Å². The smallest absolute Gasteiger partial charge is 0.0171 e. The second-order valence-corrected chi connectivity index (χ2v) is 23.9. The summed E-state index contributed by atoms with van der Waals surface area (Å²) in [7, 11) is 0. The van der Waals surface area contributed by atoms with E-state index in [9.17, 15) is 0 Å². The highest BCUT2D eigenvalue weighted by Gasteiger charge is 2.09. The Morgan fingerprint density at radius 2 is 0.107 bits per heavy atom. The van der Waals surface area contributed by atoms with Crippen molar-refractivity contribution in [1.82, 2.24) is 0 Å². The standard InChI is InChI=1S/C84H48/c1-13-61-25-62-15-3-51-33-75(62)43-73(61)31-49(1)50-2-14-63-26-64-16-4-52(34-76(64)44-74(63)32-50)54-6-18-66-28-68-20-8-56(38-80(68)46-78(66)36-54)58-10-22-70-30-72-24-12-60(42-84(72)48-82(70)40-58)59-11-23-71-29-69-21-9-57(39-81(69)47-83(71)41-59)55-7-19-67-27-65-17-5-53(51)35-77(65)45-79(67)37-55/h1-48H. The molecule has 19 aromatic carbocycles. The predicted molar refractivity (Wildman–Crippen MR) is 368 cm³/mol. The fraction of sp³-hybridized carbons (Fsp3) is 0. The molecule has 0 aliphatic rings. The summed E-state index contributed by atoms with van der Waals surface area (Å²) < 4.78 is 0. The van der Waals surface area contributed by atoms with Crippen molar-refractivity contribution < 1.29 is 0 Å². The Bertz CT molecular complexity index is 4860. The van der Waals surface area contributed by atoms with Gasteiger partial charge in [0.15, 0.2) is 0 Å². The summed E-state index contributed by atoms with van der Waals surface area (Å²) in [6.07, 6.45) is 0. The van der Waals surface area contributed by atoms with E-state index in [0.717, 1.165) is 0 Å². The van der Waals surface area contributed by atoms with Gasteiger partial charge in [-0.25, -0.2) is 0 Å². The van der Waals surface area contributed by atoms with Crippen molar-refractivity contribution in [3.05, 3.63) is 291 Å². The van der Waals surface area contributed by atoms with Gasteiger partial charge in [-0.15, -0.1) is 0 Å². The summed E-state index contributed by atoms with van der Waals surface area (Å²) in [5, 5.41) is 44.5. The third kappa shape index (κ3) is 7.41. The van der Waals surface area contributed by atoms with Crippen LogP contribution in [-0.4, -0.2) is 0 Å². The lowest BCUT2D eigenvalue weighted by molar-refractivity contribution is 1.79. The molecule has 0 N–H and O–H groups in total. The Kier molecular flexibility index (Phi) is 9.43. The van der Waals surface area contributed by atoms with Gasteiger partial charge in [0, 0.05) is 0 Å². The van der Waals surface area contributed by atoms with Gasteiger partial charge in [-0.2, -0.15) is 0 Å². The van der Waals surface area contributed by atoms with Gasteiger partial charge in [-0.05, 0) is 339 Å². The minimum Gasteiger partial charge on any atom is -0.0537 e. The van der Waals surface area contributed by atoms with Crippen LogP contribution in [-0.2, 0) is 0 Å². The summed E-state index contributed by atoms with van der Waals surface area (Å²) in [5.74, 6) is 0. The molecule has 0 aromatic heterocycles. The normalized spacial score (nSPS) is 12.3. The molecule has 0 atom stereocenters. The molecule has 0 saturated carbocycles. The molecule has 0 nitrogen and oxygen atoms in total. The van der Waals surface area contributed by atoms with Gasteiger partial charge in [-0.1, -0.05) is 146 Å². The lowest BCUT2D eigenvalue weighted by atomic mass is 9.96. The van der Waals surface area contributed by atoms with Crippen molar-refractivity contribution >= 4 is 194 Å². The maximum Gasteiger partial charge on any atom is -0.0171 e. The molecule has 84 heavy (non-hydrogen) atoms. The van der Waals surface area contributed by atoms with Crippen molar-refractivity contribution in [1.29, 1.82) is 0 Å². The van der Waals surface area contributed by atoms with E-state index >= 15 is 0 Å². The average molecular weight is 1060 g/mol. The van der Waals surface area contributed by atoms with Crippen LogP contribution >= 0.6 is 0 Å². The summed E-state index contributed by atoms with van der Waals surface area (Å²) in [6, 6.07) is 112. The number of fused-ring (bicyclic) bond motifs is 18. The van der Waals surface area contributed by atoms with E-state index in [4.69, 9.17) is 0 Å². The Labute approximate surface area is 482 Å². The van der Waals surface area contributed by atoms with Crippen LogP contribution in [0.5, 0.6) is 0 Å². The van der Waals surface area contributed by atoms with Gasteiger partial charge >= 0.3 is 0 Å². The van der Waals surface area contributed by atoms with Crippen LogP contribution in [0.3, 0.4) is 0 Å². The van der Waals surface area contributed by atoms with Crippen LogP contribution in [0.2, 0.25) is 0 Å². The fourth-order valence-corrected chi connectivity index (χ4v) is 14.1. The third-order valence-electron chi connectivity index (χ3n) is 18.8. The Balaban J connectivity index is 0.816. The van der Waals surface area contributed by atoms with Crippen LogP contribution in [0.1, 0.15) is 0 Å². The van der Waals surface area contributed by atoms with Crippen molar-refractivity contribution in [3.63, 3.8) is 0 Å². The van der Waals surface area contributed by atoms with E-state index in [1.54, 1.807) is 0 Å². The fourth-order valence-electron chi connectivity index (χ4n) is 14.1. The molecule has 0 radical (unpaired) electrons. The van der Waals surface area contributed by atoms with Crippen molar-refractivity contribution in [2.75, 3.05) is 0 Å². The van der Waals surface area contributed by atoms with Crippen LogP contribution in [0, 0.1) is 0 Å². The number of rotatable bonds is 0. The maximum absolute atomic E-state index is 2.38. The van der Waals surface area contributed by atoms with Crippen molar-refractivity contribution in [2.45, 2.75) is 0 Å². The van der Waals surface area contributed by atoms with E-state index < -0.39 is 0 Å². The quantitative estimate of drug-likeness (QED) is 0.133. The minimum atomic E-state index is 1.22. The topological polar surface area (TPSA) is 0 Å². The zero-order chi connectivity index (χ0) is 54.7. The van der Waals surface area contributed by atoms with Crippen LogP contribution in [0.25, 0.3) is 194 Å². The highest BCUT2D eigenvalue weighted by atomic mass is 14.1. The second kappa shape index (κ2) is 17.3. The average Bonchev–Trinajstić information content (AvgIpc) is 3.70. The molecule has 0 heterocycles. The van der Waals surface area contributed by atoms with Crippen LogP contribution in [0.4, 0.5) is 0 Å². The van der Waals surface area contributed by atoms with Gasteiger partial charge in [0.25, 0.3) is 0 Å². The lowest BCUT2D eigenvalue weighted by Gasteiger charge is -2.08. The number of benzene rings is 18. The minimum absolute atomic E-state index is 1.22. The van der Waals surface area contributed by atoms with Crippen molar-refractivity contribution in [3.8, 4) is 0 Å². The SMILES string of the molecule is c1cc2cc3ccc4cc3cc2cc1c1ccc2cc3ccc(cc3cc2c1)c1ccc2cc3ccc(cc3cc2c1)c1ccc2cc3ccc(cc3cc2c1)c1ccc2cc3ccc(cc3cc2c1)c1ccc2cc3ccc4cc3cc2c1. The Morgan fingerprint density at radius 3 is 0.190 bits per heavy atom. The first-order valence-corrected chi connectivity index (χ1v) is 29.3. The number of hydrogen-bond acceptors (Lipinski definition) is 0. The first-order chi connectivity index (χ1) is 41.4. The van der Waals surface area contributed by atoms with E-state index in [2.05, 4.69) is 291 Å². The Hall–Kier alpha value is -10.9. The Morgan fingerprint density at radius 1 is 0.0595 bits per heavy atom. The molecule has 0 aliphatic carbocycles. The third-order valence-corrected chi connectivity index (χ3v) is 18.8. The number of hydrogen-bond donors (Lipinski definition) is 0. The summed E-state index contributed by atoms with van der Waals surface area (Å²) in [4.78, 5) is 0. The second-order valence-electron chi connectivity index (χ2n) is 23.9. The lowest BCUT2D eigenvalue weighted by Crippen LogP contribution is -1.81. The van der Waals surface area contributed by atoms with Gasteiger partial charge in [-0.3, -0.25) is 0 Å². The molecule has 0 heteroatoms. The van der Waals surface area contributed by atoms with Gasteiger partial charge < -0.3 is 0 Å². The largest absolute Gasteiger partial charge is 0.0537 e. The molecule has 19 rings (SSSR count). The maximum atomic E-state index is 2.38. The highest BCUT2D eigenvalue weighted by molar-refractivity contribution is 6.13. The molecular formula is C84H48. The highest BCUT2D eigenvalue weighted by Crippen LogP contribution is 2.36. The summed E-state index contributed by atoms with van der Waals surface area (Å²) in [5.41, 5.74) is 0. The van der Waals surface area contributed by atoms with Gasteiger partial charge in [0.2, 0.25) is 0 Å². The zero-order valence-electron chi connectivity index (χ0n) is 45.7. The molecule has 0 spiro atoms. The summed E-state index contributed by atoms with van der Waals surface area (Å²) >= 11 is 0. The molecule has 384 valence electrons. The molecule has 0 aliphatic heterocycles. The van der Waals surface area contributed by atoms with E-state index in [1.165, 1.54) is 194 Å². The van der Waals surface area contributed by atoms with E-state index in [-0.39, 0.29) is 0 Å². The molecular weight excluding hydrogens is 1010 g/mol. The molecule has 0 unspecified atom stereocenters. The van der Waals surface area contributed by atoms with E-state index in [1.807, 2.05) is 0 Å². The van der Waals surface area contributed by atoms with Crippen molar-refractivity contribution in [2.24, 2.45) is 0 Å². The monoisotopic (exact) mass is 1060 g/mol. The molecule has 0 saturated heterocycles. The molecule has 24 bridgehead atoms. The summed E-state index contributed by atoms with van der Waals surface area (Å²) in [6.45, 7) is 0. The molecule has 0 fully saturated rings. The van der Waals surface area contributed by atoms with Gasteiger partial charge in [0.05, 0.1) is 0 Å². The van der Waals surface area contributed by atoms with E-state index in [0.29, 0.717) is 0 Å². The van der Waals surface area contributed by atoms with Gasteiger partial charge in [0.1, 0.15) is 0 Å². The first kappa shape index (κ1) is 45.8. The predicted octanol–water partition coefficient (Wildman–Crippen LogP) is 24.1. The molecule has 0 amide bonds. The molecule has 19 aromatic rings.